The highest BCUT2D eigenvalue weighted by molar-refractivity contribution is 7.86. The molecule has 5 N–H and O–H groups in total. The average molecular weight is 668 g/mol. The van der Waals surface area contributed by atoms with Crippen LogP contribution in [0.15, 0.2) is 66.7 Å². The van der Waals surface area contributed by atoms with Gasteiger partial charge in [0, 0.05) is 44.7 Å². The SMILES string of the molecule is CC(C)CN(CC(O)[C@H](Cc1ccccc1)NC(=O)[C@H](CC(N)=O)NC(=O)c1ccc2ccccc2n1)S(=O)(=O)N1CCN(C)CC1. The maximum atomic E-state index is 13.8. The van der Waals surface area contributed by atoms with Crippen molar-refractivity contribution < 1.29 is 27.9 Å². The lowest BCUT2D eigenvalue weighted by Gasteiger charge is -2.37. The molecule has 3 aromatic rings. The van der Waals surface area contributed by atoms with Gasteiger partial charge in [0.15, 0.2) is 0 Å². The van der Waals surface area contributed by atoms with E-state index >= 15 is 0 Å². The number of piperazine rings is 1. The molecule has 1 aromatic heterocycles. The standard InChI is InChI=1S/C33H45N7O6S/c1-23(2)21-40(47(45,46)39-17-15-38(3)16-18-39)22-30(41)28(19-24-9-5-4-6-10-24)36-33(44)29(20-31(34)42)37-32(43)27-14-13-25-11-7-8-12-26(25)35-27/h4-14,23,28-30,41H,15-22H2,1-3H3,(H2,34,42)(H,36,44)(H,37,43)/t28-,29-,30?/m0/s1. The summed E-state index contributed by atoms with van der Waals surface area (Å²) in [7, 11) is -1.99. The molecule has 2 heterocycles. The first-order valence-corrected chi connectivity index (χ1v) is 17.1. The van der Waals surface area contributed by atoms with Crippen LogP contribution in [0.2, 0.25) is 0 Å². The van der Waals surface area contributed by atoms with Gasteiger partial charge in [-0.2, -0.15) is 17.0 Å². The Labute approximate surface area is 276 Å². The number of likely N-dealkylation sites (N-methyl/N-ethyl adjacent to an activating group) is 1. The molecular formula is C33H45N7O6S. The second kappa shape index (κ2) is 16.2. The lowest BCUT2D eigenvalue weighted by molar-refractivity contribution is -0.128. The third-order valence-corrected chi connectivity index (χ3v) is 9.99. The summed E-state index contributed by atoms with van der Waals surface area (Å²) < 4.78 is 30.2. The summed E-state index contributed by atoms with van der Waals surface area (Å²) in [5, 5.41) is 17.8. The van der Waals surface area contributed by atoms with Crippen LogP contribution >= 0.6 is 0 Å². The second-order valence-corrected chi connectivity index (χ2v) is 14.3. The van der Waals surface area contributed by atoms with Gasteiger partial charge >= 0.3 is 0 Å². The van der Waals surface area contributed by atoms with Crippen LogP contribution in [-0.2, 0) is 26.2 Å². The van der Waals surface area contributed by atoms with Gasteiger partial charge in [0.1, 0.15) is 11.7 Å². The smallest absolute Gasteiger partial charge is 0.282 e. The van der Waals surface area contributed by atoms with E-state index < -0.39 is 52.5 Å². The predicted molar refractivity (Wildman–Crippen MR) is 179 cm³/mol. The van der Waals surface area contributed by atoms with Crippen molar-refractivity contribution in [1.82, 2.24) is 29.1 Å². The fraction of sp³-hybridized carbons (Fsp3) is 0.455. The monoisotopic (exact) mass is 667 g/mol. The van der Waals surface area contributed by atoms with Gasteiger partial charge in [0.05, 0.1) is 24.1 Å². The number of nitrogens with zero attached hydrogens (tertiary/aromatic N) is 4. The van der Waals surface area contributed by atoms with Crippen molar-refractivity contribution in [2.45, 2.75) is 44.9 Å². The minimum atomic E-state index is -3.92. The largest absolute Gasteiger partial charge is 0.390 e. The molecule has 0 bridgehead atoms. The average Bonchev–Trinajstić information content (AvgIpc) is 3.03. The minimum absolute atomic E-state index is 0.0366. The highest BCUT2D eigenvalue weighted by Gasteiger charge is 2.36. The lowest BCUT2D eigenvalue weighted by atomic mass is 10.00. The molecule has 1 saturated heterocycles. The quantitative estimate of drug-likeness (QED) is 0.183. The Bertz CT molecular complexity index is 1630. The predicted octanol–water partition coefficient (Wildman–Crippen LogP) is 0.747. The normalized spacial score (nSPS) is 16.6. The number of hydrogen-bond donors (Lipinski definition) is 4. The Kier molecular flexibility index (Phi) is 12.4. The summed E-state index contributed by atoms with van der Waals surface area (Å²) in [5.74, 6) is -2.29. The van der Waals surface area contributed by atoms with Crippen molar-refractivity contribution in [2.24, 2.45) is 11.7 Å². The van der Waals surface area contributed by atoms with Gasteiger partial charge in [-0.15, -0.1) is 0 Å². The number of amides is 3. The van der Waals surface area contributed by atoms with Crippen LogP contribution in [0.3, 0.4) is 0 Å². The van der Waals surface area contributed by atoms with Crippen molar-refractivity contribution in [3.05, 3.63) is 78.0 Å². The molecule has 3 amide bonds. The molecule has 0 aliphatic carbocycles. The van der Waals surface area contributed by atoms with Crippen LogP contribution in [0, 0.1) is 5.92 Å². The minimum Gasteiger partial charge on any atom is -0.390 e. The van der Waals surface area contributed by atoms with Crippen LogP contribution in [0.5, 0.6) is 0 Å². The van der Waals surface area contributed by atoms with E-state index in [1.165, 1.54) is 14.7 Å². The van der Waals surface area contributed by atoms with E-state index in [4.69, 9.17) is 5.73 Å². The van der Waals surface area contributed by atoms with Gasteiger partial charge < -0.3 is 26.4 Å². The molecular weight excluding hydrogens is 622 g/mol. The van der Waals surface area contributed by atoms with Crippen LogP contribution < -0.4 is 16.4 Å². The van der Waals surface area contributed by atoms with Crippen molar-refractivity contribution in [2.75, 3.05) is 46.3 Å². The molecule has 0 saturated carbocycles. The van der Waals surface area contributed by atoms with Gasteiger partial charge in [-0.1, -0.05) is 68.4 Å². The highest BCUT2D eigenvalue weighted by atomic mass is 32.2. The van der Waals surface area contributed by atoms with E-state index in [0.717, 1.165) is 10.9 Å². The Morgan fingerprint density at radius 1 is 0.936 bits per heavy atom. The molecule has 254 valence electrons. The number of carbonyl (C=O) groups is 3. The summed E-state index contributed by atoms with van der Waals surface area (Å²) in [6, 6.07) is 17.2. The molecule has 1 unspecified atom stereocenters. The van der Waals surface area contributed by atoms with E-state index in [2.05, 4.69) is 20.5 Å². The third-order valence-electron chi connectivity index (χ3n) is 8.02. The number of aromatic nitrogens is 1. The molecule has 0 spiro atoms. The Hall–Kier alpha value is -3.95. The Balaban J connectivity index is 1.56. The van der Waals surface area contributed by atoms with E-state index in [-0.39, 0.29) is 31.1 Å². The zero-order valence-electron chi connectivity index (χ0n) is 27.1. The van der Waals surface area contributed by atoms with Gasteiger partial charge in [-0.3, -0.25) is 14.4 Å². The first-order valence-electron chi connectivity index (χ1n) is 15.7. The number of para-hydroxylation sites is 1. The summed E-state index contributed by atoms with van der Waals surface area (Å²) in [5.41, 5.74) is 6.87. The number of aliphatic hydroxyl groups is 1. The number of hydrogen-bond acceptors (Lipinski definition) is 8. The van der Waals surface area contributed by atoms with Gasteiger partial charge in [0.25, 0.3) is 16.1 Å². The fourth-order valence-electron chi connectivity index (χ4n) is 5.46. The zero-order chi connectivity index (χ0) is 34.1. The summed E-state index contributed by atoms with van der Waals surface area (Å²) >= 11 is 0. The van der Waals surface area contributed by atoms with Crippen molar-refractivity contribution in [3.8, 4) is 0 Å². The summed E-state index contributed by atoms with van der Waals surface area (Å²) in [6.45, 7) is 5.50. The Morgan fingerprint density at radius 3 is 2.26 bits per heavy atom. The van der Waals surface area contributed by atoms with Crippen LogP contribution in [0.4, 0.5) is 0 Å². The molecule has 14 heteroatoms. The second-order valence-electron chi connectivity index (χ2n) is 12.4. The van der Waals surface area contributed by atoms with Gasteiger partial charge in [-0.25, -0.2) is 4.98 Å². The number of pyridine rings is 1. The van der Waals surface area contributed by atoms with E-state index in [0.29, 0.717) is 31.7 Å². The van der Waals surface area contributed by atoms with Crippen LogP contribution in [-0.4, -0.2) is 114 Å². The fourth-order valence-corrected chi connectivity index (χ4v) is 7.24. The van der Waals surface area contributed by atoms with E-state index in [1.54, 1.807) is 18.2 Å². The van der Waals surface area contributed by atoms with Crippen molar-refractivity contribution >= 4 is 38.8 Å². The summed E-state index contributed by atoms with van der Waals surface area (Å²) in [6.07, 6.45) is -1.69. The van der Waals surface area contributed by atoms with E-state index in [9.17, 15) is 27.9 Å². The topological polar surface area (TPSA) is 178 Å². The van der Waals surface area contributed by atoms with Crippen LogP contribution in [0.1, 0.15) is 36.3 Å². The van der Waals surface area contributed by atoms with Gasteiger partial charge in [-0.05, 0) is 37.1 Å². The summed E-state index contributed by atoms with van der Waals surface area (Å²) in [4.78, 5) is 45.3. The number of fused-ring (bicyclic) bond motifs is 1. The van der Waals surface area contributed by atoms with E-state index in [1.807, 2.05) is 63.4 Å². The van der Waals surface area contributed by atoms with Crippen molar-refractivity contribution in [3.63, 3.8) is 0 Å². The molecule has 0 radical (unpaired) electrons. The van der Waals surface area contributed by atoms with Crippen molar-refractivity contribution in [1.29, 1.82) is 0 Å². The number of rotatable bonds is 15. The third kappa shape index (κ3) is 10.0. The van der Waals surface area contributed by atoms with Crippen LogP contribution in [0.25, 0.3) is 10.9 Å². The number of nitrogens with two attached hydrogens (primary N) is 1. The number of benzene rings is 2. The molecule has 1 fully saturated rings. The maximum absolute atomic E-state index is 13.8. The zero-order valence-corrected chi connectivity index (χ0v) is 27.9. The molecule has 47 heavy (non-hydrogen) atoms. The molecule has 13 nitrogen and oxygen atoms in total. The lowest BCUT2D eigenvalue weighted by Crippen LogP contribution is -2.58. The molecule has 3 atom stereocenters. The van der Waals surface area contributed by atoms with Gasteiger partial charge in [0.2, 0.25) is 11.8 Å². The number of carbonyl (C=O) groups excluding carboxylic acids is 3. The number of primary amides is 1. The highest BCUT2D eigenvalue weighted by Crippen LogP contribution is 2.17. The molecule has 1 aliphatic rings. The molecule has 4 rings (SSSR count). The first-order chi connectivity index (χ1) is 22.3. The molecule has 1 aliphatic heterocycles. The number of aliphatic hydroxyl groups excluding tert-OH is 1. The number of nitrogens with one attached hydrogen (secondary N) is 2. The maximum Gasteiger partial charge on any atom is 0.282 e. The molecule has 2 aromatic carbocycles. The first kappa shape index (κ1) is 35.9. The Morgan fingerprint density at radius 2 is 1.60 bits per heavy atom.